The minimum absolute atomic E-state index is 1.42. The first-order valence-electron chi connectivity index (χ1n) is 2.53. The Kier molecular flexibility index (Phi) is 1.45. The van der Waals surface area contributed by atoms with Gasteiger partial charge < -0.3 is 0 Å². The summed E-state index contributed by atoms with van der Waals surface area (Å²) in [5.41, 5.74) is 1.51. The molecular formula is C2HN5O5. The molecule has 12 heavy (non-hydrogen) atoms. The van der Waals surface area contributed by atoms with Crippen LogP contribution in [0.3, 0.4) is 0 Å². The Morgan fingerprint density at radius 3 is 2.00 bits per heavy atom. The van der Waals surface area contributed by atoms with Gasteiger partial charge in [0.25, 0.3) is 0 Å². The van der Waals surface area contributed by atoms with Gasteiger partial charge in [-0.1, -0.05) is 5.22 Å². The van der Waals surface area contributed by atoms with Crippen molar-refractivity contribution in [2.45, 2.75) is 5.79 Å². The lowest BCUT2D eigenvalue weighted by Crippen LogP contribution is -2.52. The second-order valence-electron chi connectivity index (χ2n) is 1.79. The molecule has 1 amide bonds. The van der Waals surface area contributed by atoms with E-state index in [9.17, 15) is 25.0 Å². The number of rotatable bonds is 2. The maximum absolute atomic E-state index is 10.6. The van der Waals surface area contributed by atoms with E-state index in [-0.39, 0.29) is 0 Å². The van der Waals surface area contributed by atoms with Gasteiger partial charge in [-0.3, -0.25) is 25.0 Å². The summed E-state index contributed by atoms with van der Waals surface area (Å²) < 4.78 is 0. The second kappa shape index (κ2) is 2.18. The SMILES string of the molecule is O=C1NN=NC1([N+](=O)[O-])[N+](=O)[O-]. The van der Waals surface area contributed by atoms with Crippen LogP contribution in [-0.4, -0.2) is 21.5 Å². The van der Waals surface area contributed by atoms with Gasteiger partial charge in [0.05, 0.1) is 0 Å². The molecule has 1 aliphatic rings. The number of hydrogen-bond donors (Lipinski definition) is 1. The first-order valence-corrected chi connectivity index (χ1v) is 2.53. The molecule has 64 valence electrons. The fourth-order valence-electron chi connectivity index (χ4n) is 0.566. The van der Waals surface area contributed by atoms with Crippen molar-refractivity contribution in [3.8, 4) is 0 Å². The van der Waals surface area contributed by atoms with E-state index in [0.717, 1.165) is 0 Å². The highest BCUT2D eigenvalue weighted by Gasteiger charge is 2.69. The maximum atomic E-state index is 10.6. The molecule has 0 radical (unpaired) electrons. The van der Waals surface area contributed by atoms with E-state index in [4.69, 9.17) is 0 Å². The van der Waals surface area contributed by atoms with E-state index in [1.54, 1.807) is 0 Å². The lowest BCUT2D eigenvalue weighted by molar-refractivity contribution is -0.773. The highest BCUT2D eigenvalue weighted by molar-refractivity contribution is 5.83. The third-order valence-electron chi connectivity index (χ3n) is 1.15. The molecule has 0 aromatic rings. The summed E-state index contributed by atoms with van der Waals surface area (Å²) in [4.78, 5) is 28.0. The van der Waals surface area contributed by atoms with Crippen LogP contribution in [0, 0.1) is 20.2 Å². The van der Waals surface area contributed by atoms with Gasteiger partial charge in [0.2, 0.25) is 0 Å². The predicted molar refractivity (Wildman–Crippen MR) is 29.7 cm³/mol. The first kappa shape index (κ1) is 7.97. The molecule has 0 aliphatic carbocycles. The molecule has 0 saturated carbocycles. The summed E-state index contributed by atoms with van der Waals surface area (Å²) in [6, 6.07) is 0. The zero-order valence-corrected chi connectivity index (χ0v) is 5.33. The van der Waals surface area contributed by atoms with Crippen molar-refractivity contribution >= 4 is 5.91 Å². The van der Waals surface area contributed by atoms with Crippen molar-refractivity contribution in [2.75, 3.05) is 0 Å². The molecule has 0 aromatic heterocycles. The molecule has 10 heteroatoms. The van der Waals surface area contributed by atoms with Gasteiger partial charge in [0.1, 0.15) is 9.85 Å². The van der Waals surface area contributed by atoms with Gasteiger partial charge in [-0.05, 0) is 5.11 Å². The molecule has 0 aromatic carbocycles. The fourth-order valence-corrected chi connectivity index (χ4v) is 0.566. The molecule has 10 nitrogen and oxygen atoms in total. The Morgan fingerprint density at radius 2 is 1.83 bits per heavy atom. The molecule has 0 bridgehead atoms. The topological polar surface area (TPSA) is 140 Å². The minimum atomic E-state index is -3.19. The van der Waals surface area contributed by atoms with E-state index in [2.05, 4.69) is 10.3 Å². The molecule has 0 spiro atoms. The number of hydrogen-bond acceptors (Lipinski definition) is 7. The average Bonchev–Trinajstić information content (AvgIpc) is 2.31. The van der Waals surface area contributed by atoms with Crippen molar-refractivity contribution in [1.29, 1.82) is 0 Å². The summed E-state index contributed by atoms with van der Waals surface area (Å²) in [5, 5.41) is 25.6. The van der Waals surface area contributed by atoms with Crippen LogP contribution in [0.1, 0.15) is 0 Å². The van der Waals surface area contributed by atoms with E-state index >= 15 is 0 Å². The van der Waals surface area contributed by atoms with E-state index in [0.29, 0.717) is 0 Å². The Labute approximate surface area is 63.5 Å². The van der Waals surface area contributed by atoms with Crippen LogP contribution >= 0.6 is 0 Å². The third kappa shape index (κ3) is 0.710. The highest BCUT2D eigenvalue weighted by atomic mass is 16.7. The molecule has 0 atom stereocenters. The van der Waals surface area contributed by atoms with Crippen molar-refractivity contribution < 1.29 is 14.6 Å². The van der Waals surface area contributed by atoms with Crippen molar-refractivity contribution in [3.05, 3.63) is 20.2 Å². The molecule has 0 fully saturated rings. The number of carbonyl (C=O) groups excluding carboxylic acids is 1. The summed E-state index contributed by atoms with van der Waals surface area (Å²) >= 11 is 0. The van der Waals surface area contributed by atoms with Gasteiger partial charge >= 0.3 is 11.7 Å². The molecule has 0 unspecified atom stereocenters. The van der Waals surface area contributed by atoms with Gasteiger partial charge in [0.15, 0.2) is 0 Å². The number of nitrogens with zero attached hydrogens (tertiary/aromatic N) is 4. The van der Waals surface area contributed by atoms with Gasteiger partial charge in [-0.25, -0.2) is 5.43 Å². The largest absolute Gasteiger partial charge is 0.661 e. The molecule has 1 heterocycles. The van der Waals surface area contributed by atoms with Crippen LogP contribution in [0.2, 0.25) is 0 Å². The van der Waals surface area contributed by atoms with Gasteiger partial charge in [-0.15, -0.1) is 0 Å². The lowest BCUT2D eigenvalue weighted by Gasteiger charge is -2.01. The smallest absolute Gasteiger partial charge is 0.256 e. The Bertz CT molecular complexity index is 280. The van der Waals surface area contributed by atoms with Crippen LogP contribution in [0.5, 0.6) is 0 Å². The van der Waals surface area contributed by atoms with E-state index in [1.807, 2.05) is 0 Å². The molecule has 1 rings (SSSR count). The fraction of sp³-hybridized carbons (Fsp3) is 0.500. The maximum Gasteiger partial charge on any atom is 0.661 e. The Balaban J connectivity index is 3.19. The van der Waals surface area contributed by atoms with Crippen molar-refractivity contribution in [3.63, 3.8) is 0 Å². The van der Waals surface area contributed by atoms with Crippen molar-refractivity contribution in [2.24, 2.45) is 10.3 Å². The summed E-state index contributed by atoms with van der Waals surface area (Å²) in [6.45, 7) is 0. The quantitative estimate of drug-likeness (QED) is 0.315. The van der Waals surface area contributed by atoms with Crippen LogP contribution in [0.4, 0.5) is 0 Å². The zero-order chi connectivity index (χ0) is 9.35. The summed E-state index contributed by atoms with van der Waals surface area (Å²) in [7, 11) is 0. The first-order chi connectivity index (χ1) is 5.51. The van der Waals surface area contributed by atoms with Crippen LogP contribution in [0.25, 0.3) is 0 Å². The number of carbonyl (C=O) groups is 1. The molecule has 1 aliphatic heterocycles. The van der Waals surface area contributed by atoms with E-state index < -0.39 is 21.5 Å². The Morgan fingerprint density at radius 1 is 1.33 bits per heavy atom. The molecule has 0 saturated heterocycles. The van der Waals surface area contributed by atoms with Crippen LogP contribution in [-0.2, 0) is 4.79 Å². The minimum Gasteiger partial charge on any atom is -0.256 e. The number of nitrogens with one attached hydrogen (secondary N) is 1. The Hall–Kier alpha value is -2.13. The van der Waals surface area contributed by atoms with E-state index in [1.165, 1.54) is 5.43 Å². The average molecular weight is 175 g/mol. The lowest BCUT2D eigenvalue weighted by atomic mass is 10.4. The van der Waals surface area contributed by atoms with Crippen LogP contribution < -0.4 is 5.43 Å². The monoisotopic (exact) mass is 175 g/mol. The highest BCUT2D eigenvalue weighted by Crippen LogP contribution is 2.17. The second-order valence-corrected chi connectivity index (χ2v) is 1.79. The third-order valence-corrected chi connectivity index (χ3v) is 1.15. The van der Waals surface area contributed by atoms with Gasteiger partial charge in [-0.2, -0.15) is 0 Å². The molecule has 1 N–H and O–H groups in total. The number of amides is 1. The normalized spacial score (nSPS) is 18.8. The predicted octanol–water partition coefficient (Wildman–Crippen LogP) is -1.31. The zero-order valence-electron chi connectivity index (χ0n) is 5.33. The summed E-state index contributed by atoms with van der Waals surface area (Å²) in [5.74, 6) is -4.67. The van der Waals surface area contributed by atoms with Crippen molar-refractivity contribution in [1.82, 2.24) is 5.43 Å². The van der Waals surface area contributed by atoms with Crippen LogP contribution in [0.15, 0.2) is 10.3 Å². The molecular weight excluding hydrogens is 174 g/mol. The standard InChI is InChI=1S/C2HN5O5/c8-1-2(6(9)10,7(11)12)4-5-3-1/h(H,3,4,8). The number of nitro groups is 2. The van der Waals surface area contributed by atoms with Gasteiger partial charge in [0, 0.05) is 0 Å². The summed E-state index contributed by atoms with van der Waals surface area (Å²) in [6.07, 6.45) is 0.